The van der Waals surface area contributed by atoms with E-state index in [2.05, 4.69) is 30.5 Å². The molecule has 0 aliphatic carbocycles. The molecule has 0 aromatic rings. The standard InChI is InChI=1S/C14H26N3PS/c1-4-9-18(3)10-7-12-11-14(19-12)17-13(15)6-8-16-5-2/h5-6,8,12,14,16H,2,4,7,9-11H2,1,3H3,(H2,15,17)/b8-6-. The molecule has 1 rings (SSSR count). The lowest BCUT2D eigenvalue weighted by atomic mass is 10.2. The molecule has 19 heavy (non-hydrogen) atoms. The van der Waals surface area contributed by atoms with E-state index < -0.39 is 0 Å². The van der Waals surface area contributed by atoms with Crippen molar-refractivity contribution < 1.29 is 0 Å². The number of amidine groups is 1. The third kappa shape index (κ3) is 7.03. The van der Waals surface area contributed by atoms with Crippen molar-refractivity contribution in [3.8, 4) is 0 Å². The zero-order valence-corrected chi connectivity index (χ0v) is 13.7. The Labute approximate surface area is 123 Å². The molecule has 3 unspecified atom stereocenters. The minimum Gasteiger partial charge on any atom is -0.384 e. The predicted octanol–water partition coefficient (Wildman–Crippen LogP) is 3.33. The van der Waals surface area contributed by atoms with Gasteiger partial charge in [-0.1, -0.05) is 19.9 Å². The van der Waals surface area contributed by atoms with Crippen molar-refractivity contribution in [3.63, 3.8) is 0 Å². The number of aliphatic imine (C=N–C) groups is 1. The van der Waals surface area contributed by atoms with Gasteiger partial charge in [-0.2, -0.15) is 0 Å². The molecule has 0 spiro atoms. The first-order valence-corrected chi connectivity index (χ1v) is 9.96. The zero-order valence-electron chi connectivity index (χ0n) is 12.0. The Hall–Kier alpha value is -0.470. The summed E-state index contributed by atoms with van der Waals surface area (Å²) in [5, 5.41) is 4.03. The summed E-state index contributed by atoms with van der Waals surface area (Å²) in [6, 6.07) is 0. The molecule has 108 valence electrons. The number of rotatable bonds is 9. The highest BCUT2D eigenvalue weighted by atomic mass is 32.2. The maximum Gasteiger partial charge on any atom is 0.120 e. The van der Waals surface area contributed by atoms with E-state index in [1.54, 1.807) is 18.5 Å². The summed E-state index contributed by atoms with van der Waals surface area (Å²) < 4.78 is 0. The van der Waals surface area contributed by atoms with Crippen molar-refractivity contribution in [2.75, 3.05) is 19.0 Å². The number of thioether (sulfide) groups is 1. The lowest BCUT2D eigenvalue weighted by Gasteiger charge is -2.32. The second kappa shape index (κ2) is 9.44. The maximum atomic E-state index is 5.81. The summed E-state index contributed by atoms with van der Waals surface area (Å²) in [4.78, 5) is 4.47. The summed E-state index contributed by atoms with van der Waals surface area (Å²) in [6.07, 6.45) is 11.8. The fraction of sp³-hybridized carbons (Fsp3) is 0.643. The van der Waals surface area contributed by atoms with Crippen LogP contribution in [0.5, 0.6) is 0 Å². The van der Waals surface area contributed by atoms with Gasteiger partial charge in [0.1, 0.15) is 5.84 Å². The smallest absolute Gasteiger partial charge is 0.120 e. The summed E-state index contributed by atoms with van der Waals surface area (Å²) in [5.74, 6) is 0.592. The summed E-state index contributed by atoms with van der Waals surface area (Å²) in [5.41, 5.74) is 5.81. The van der Waals surface area contributed by atoms with Gasteiger partial charge in [0.15, 0.2) is 0 Å². The second-order valence-electron chi connectivity index (χ2n) is 4.80. The molecule has 0 aromatic heterocycles. The third-order valence-corrected chi connectivity index (χ3v) is 6.67. The van der Waals surface area contributed by atoms with Gasteiger partial charge in [0.05, 0.1) is 5.37 Å². The molecule has 3 nitrogen and oxygen atoms in total. The number of nitrogens with one attached hydrogen (secondary N) is 1. The van der Waals surface area contributed by atoms with Crippen LogP contribution in [-0.4, -0.2) is 35.4 Å². The highest BCUT2D eigenvalue weighted by molar-refractivity contribution is 8.01. The van der Waals surface area contributed by atoms with E-state index in [-0.39, 0.29) is 7.92 Å². The molecular weight excluding hydrogens is 273 g/mol. The Morgan fingerprint density at radius 1 is 1.58 bits per heavy atom. The number of hydrogen-bond acceptors (Lipinski definition) is 3. The van der Waals surface area contributed by atoms with Crippen LogP contribution in [0.2, 0.25) is 0 Å². The Morgan fingerprint density at radius 2 is 2.32 bits per heavy atom. The van der Waals surface area contributed by atoms with Crippen LogP contribution in [0, 0.1) is 0 Å². The molecule has 5 heteroatoms. The highest BCUT2D eigenvalue weighted by Gasteiger charge is 2.29. The lowest BCUT2D eigenvalue weighted by Crippen LogP contribution is -2.28. The van der Waals surface area contributed by atoms with E-state index in [4.69, 9.17) is 5.73 Å². The fourth-order valence-corrected chi connectivity index (χ4v) is 5.05. The van der Waals surface area contributed by atoms with Gasteiger partial charge in [-0.25, -0.2) is 0 Å². The van der Waals surface area contributed by atoms with Gasteiger partial charge >= 0.3 is 0 Å². The zero-order chi connectivity index (χ0) is 14.1. The van der Waals surface area contributed by atoms with Gasteiger partial charge in [0.25, 0.3) is 0 Å². The summed E-state index contributed by atoms with van der Waals surface area (Å²) >= 11 is 1.97. The van der Waals surface area contributed by atoms with Crippen LogP contribution in [0.25, 0.3) is 0 Å². The SMILES string of the molecule is C=CN/C=C\C(N)=N/C1CC(CCP(C)CCC)S1. The molecule has 0 amide bonds. The molecule has 3 atom stereocenters. The van der Waals surface area contributed by atoms with Crippen molar-refractivity contribution in [2.24, 2.45) is 10.7 Å². The van der Waals surface area contributed by atoms with E-state index in [0.717, 1.165) is 5.25 Å². The lowest BCUT2D eigenvalue weighted by molar-refractivity contribution is 0.663. The Bertz CT molecular complexity index is 325. The van der Waals surface area contributed by atoms with Crippen LogP contribution in [0.15, 0.2) is 30.0 Å². The Kier molecular flexibility index (Phi) is 8.24. The molecule has 0 radical (unpaired) electrons. The Morgan fingerprint density at radius 3 is 2.95 bits per heavy atom. The number of nitrogens with zero attached hydrogens (tertiary/aromatic N) is 1. The average molecular weight is 299 g/mol. The predicted molar refractivity (Wildman–Crippen MR) is 91.4 cm³/mol. The monoisotopic (exact) mass is 299 g/mol. The molecular formula is C14H26N3PS. The molecule has 0 saturated carbocycles. The first kappa shape index (κ1) is 16.6. The molecule has 1 saturated heterocycles. The fourth-order valence-electron chi connectivity index (χ4n) is 1.97. The van der Waals surface area contributed by atoms with Gasteiger partial charge in [-0.15, -0.1) is 19.7 Å². The largest absolute Gasteiger partial charge is 0.384 e. The minimum absolute atomic E-state index is 0.271. The Balaban J connectivity index is 2.15. The molecule has 1 aliphatic heterocycles. The number of nitrogens with two attached hydrogens (primary N) is 1. The highest BCUT2D eigenvalue weighted by Crippen LogP contribution is 2.42. The van der Waals surface area contributed by atoms with Crippen LogP contribution < -0.4 is 11.1 Å². The van der Waals surface area contributed by atoms with Gasteiger partial charge < -0.3 is 11.1 Å². The topological polar surface area (TPSA) is 50.4 Å². The van der Waals surface area contributed by atoms with Crippen molar-refractivity contribution in [3.05, 3.63) is 25.1 Å². The molecule has 0 aromatic carbocycles. The van der Waals surface area contributed by atoms with Crippen LogP contribution in [0.1, 0.15) is 26.2 Å². The van der Waals surface area contributed by atoms with Gasteiger partial charge in [-0.05, 0) is 44.1 Å². The molecule has 0 bridgehead atoms. The second-order valence-corrected chi connectivity index (χ2v) is 8.89. The first-order chi connectivity index (χ1) is 9.15. The van der Waals surface area contributed by atoms with Crippen molar-refractivity contribution in [1.29, 1.82) is 0 Å². The van der Waals surface area contributed by atoms with Gasteiger partial charge in [0, 0.05) is 11.4 Å². The van der Waals surface area contributed by atoms with E-state index in [1.165, 1.54) is 31.6 Å². The summed E-state index contributed by atoms with van der Waals surface area (Å²) in [7, 11) is 0.271. The van der Waals surface area contributed by atoms with Crippen LogP contribution in [0.4, 0.5) is 0 Å². The van der Waals surface area contributed by atoms with E-state index in [9.17, 15) is 0 Å². The minimum atomic E-state index is 0.271. The summed E-state index contributed by atoms with van der Waals surface area (Å²) in [6.45, 7) is 8.26. The first-order valence-electron chi connectivity index (χ1n) is 6.86. The molecule has 1 fully saturated rings. The molecule has 1 aliphatic rings. The van der Waals surface area contributed by atoms with Crippen LogP contribution in [0.3, 0.4) is 0 Å². The average Bonchev–Trinajstić information content (AvgIpc) is 2.32. The molecule has 1 heterocycles. The number of hydrogen-bond donors (Lipinski definition) is 2. The third-order valence-electron chi connectivity index (χ3n) is 3.01. The van der Waals surface area contributed by atoms with E-state index in [0.29, 0.717) is 11.2 Å². The molecule has 3 N–H and O–H groups in total. The maximum absolute atomic E-state index is 5.81. The van der Waals surface area contributed by atoms with E-state index in [1.807, 2.05) is 11.8 Å². The van der Waals surface area contributed by atoms with Crippen LogP contribution in [-0.2, 0) is 0 Å². The van der Waals surface area contributed by atoms with Gasteiger partial charge in [-0.3, -0.25) is 4.99 Å². The van der Waals surface area contributed by atoms with Crippen LogP contribution >= 0.6 is 19.7 Å². The van der Waals surface area contributed by atoms with Crippen molar-refractivity contribution >= 4 is 25.5 Å². The van der Waals surface area contributed by atoms with E-state index >= 15 is 0 Å². The quantitative estimate of drug-likeness (QED) is 0.390. The normalized spacial score (nSPS) is 25.1. The van der Waals surface area contributed by atoms with Crippen molar-refractivity contribution in [2.45, 2.75) is 36.8 Å². The van der Waals surface area contributed by atoms with Crippen molar-refractivity contribution in [1.82, 2.24) is 5.32 Å². The van der Waals surface area contributed by atoms with Gasteiger partial charge in [0.2, 0.25) is 0 Å².